The van der Waals surface area contributed by atoms with E-state index in [1.165, 1.54) is 48.9 Å². The number of hydrogen-bond donors (Lipinski definition) is 1. The van der Waals surface area contributed by atoms with E-state index >= 15 is 0 Å². The number of benzene rings is 2. The fourth-order valence-electron chi connectivity index (χ4n) is 3.53. The lowest BCUT2D eigenvalue weighted by atomic mass is 9.97. The van der Waals surface area contributed by atoms with Gasteiger partial charge in [-0.25, -0.2) is 22.4 Å². The molecular weight excluding hydrogens is 455 g/mol. The van der Waals surface area contributed by atoms with E-state index in [9.17, 15) is 27.2 Å². The van der Waals surface area contributed by atoms with Crippen molar-refractivity contribution < 1.29 is 36.7 Å². The molecule has 1 amide bonds. The Kier molecular flexibility index (Phi) is 7.44. The monoisotopic (exact) mass is 478 g/mol. The summed E-state index contributed by atoms with van der Waals surface area (Å²) in [6.07, 6.45) is 0.493. The van der Waals surface area contributed by atoms with E-state index in [1.54, 1.807) is 0 Å². The maximum absolute atomic E-state index is 13.1. The second-order valence-corrected chi connectivity index (χ2v) is 9.30. The van der Waals surface area contributed by atoms with Crippen LogP contribution in [0.1, 0.15) is 33.6 Å². The minimum Gasteiger partial charge on any atom is -0.465 e. The summed E-state index contributed by atoms with van der Waals surface area (Å²) in [5.41, 5.74) is 0.298. The first kappa shape index (κ1) is 24.3. The van der Waals surface area contributed by atoms with Crippen molar-refractivity contribution in [3.05, 3.63) is 59.4 Å². The van der Waals surface area contributed by atoms with Gasteiger partial charge in [0.25, 0.3) is 0 Å². The molecule has 9 nitrogen and oxygen atoms in total. The summed E-state index contributed by atoms with van der Waals surface area (Å²) in [4.78, 5) is 36.7. The van der Waals surface area contributed by atoms with Crippen LogP contribution in [0.5, 0.6) is 0 Å². The van der Waals surface area contributed by atoms with Gasteiger partial charge in [0.15, 0.2) is 0 Å². The average molecular weight is 478 g/mol. The molecule has 3 rings (SSSR count). The Hall–Kier alpha value is -3.31. The first-order valence-electron chi connectivity index (χ1n) is 10.0. The molecule has 0 bridgehead atoms. The first-order chi connectivity index (χ1) is 15.7. The molecule has 1 fully saturated rings. The Labute approximate surface area is 190 Å². The van der Waals surface area contributed by atoms with Crippen molar-refractivity contribution in [2.24, 2.45) is 5.92 Å². The van der Waals surface area contributed by atoms with Crippen molar-refractivity contribution in [2.45, 2.75) is 17.7 Å². The number of hydrogen-bond acceptors (Lipinski definition) is 7. The summed E-state index contributed by atoms with van der Waals surface area (Å²) < 4.78 is 49.3. The van der Waals surface area contributed by atoms with E-state index in [-0.39, 0.29) is 47.6 Å². The molecule has 0 saturated carbocycles. The lowest BCUT2D eigenvalue weighted by molar-refractivity contribution is -0.120. The molecule has 1 heterocycles. The largest absolute Gasteiger partial charge is 0.465 e. The molecule has 33 heavy (non-hydrogen) atoms. The third kappa shape index (κ3) is 5.37. The number of carbonyl (C=O) groups is 3. The number of methoxy groups -OCH3 is 2. The molecule has 1 N–H and O–H groups in total. The zero-order chi connectivity index (χ0) is 24.2. The number of ether oxygens (including phenoxy) is 2. The zero-order valence-corrected chi connectivity index (χ0v) is 18.9. The number of amides is 1. The van der Waals surface area contributed by atoms with E-state index in [4.69, 9.17) is 4.74 Å². The van der Waals surface area contributed by atoms with Crippen LogP contribution in [0.3, 0.4) is 0 Å². The van der Waals surface area contributed by atoms with Crippen molar-refractivity contribution >= 4 is 33.6 Å². The second kappa shape index (κ2) is 10.1. The third-order valence-electron chi connectivity index (χ3n) is 5.38. The fraction of sp³-hybridized carbons (Fsp3) is 0.318. The van der Waals surface area contributed by atoms with Crippen LogP contribution in [0.2, 0.25) is 0 Å². The van der Waals surface area contributed by atoms with Gasteiger partial charge in [0, 0.05) is 19.0 Å². The highest BCUT2D eigenvalue weighted by Gasteiger charge is 2.32. The topological polar surface area (TPSA) is 119 Å². The van der Waals surface area contributed by atoms with Crippen LogP contribution >= 0.6 is 0 Å². The molecular formula is C22H23FN2O7S. The number of sulfonamides is 1. The number of piperidine rings is 1. The predicted molar refractivity (Wildman–Crippen MR) is 116 cm³/mol. The highest BCUT2D eigenvalue weighted by Crippen LogP contribution is 2.26. The van der Waals surface area contributed by atoms with Gasteiger partial charge in [-0.2, -0.15) is 4.31 Å². The maximum Gasteiger partial charge on any atom is 0.339 e. The predicted octanol–water partition coefficient (Wildman–Crippen LogP) is 2.44. The van der Waals surface area contributed by atoms with E-state index in [0.717, 1.165) is 12.1 Å². The lowest BCUT2D eigenvalue weighted by Crippen LogP contribution is -2.41. The van der Waals surface area contributed by atoms with Crippen molar-refractivity contribution in [3.63, 3.8) is 0 Å². The van der Waals surface area contributed by atoms with Crippen LogP contribution in [-0.2, 0) is 24.3 Å². The van der Waals surface area contributed by atoms with E-state index in [2.05, 4.69) is 10.1 Å². The molecule has 0 radical (unpaired) electrons. The van der Waals surface area contributed by atoms with E-state index < -0.39 is 39.6 Å². The van der Waals surface area contributed by atoms with Gasteiger partial charge in [0.2, 0.25) is 15.9 Å². The van der Waals surface area contributed by atoms with Crippen molar-refractivity contribution in [2.75, 3.05) is 32.6 Å². The Morgan fingerprint density at radius 3 is 2.15 bits per heavy atom. The van der Waals surface area contributed by atoms with Gasteiger partial charge in [-0.05, 0) is 55.3 Å². The highest BCUT2D eigenvalue weighted by molar-refractivity contribution is 7.89. The lowest BCUT2D eigenvalue weighted by Gasteiger charge is -2.30. The van der Waals surface area contributed by atoms with E-state index in [0.29, 0.717) is 0 Å². The fourth-order valence-corrected chi connectivity index (χ4v) is 5.00. The molecule has 176 valence electrons. The third-order valence-corrected chi connectivity index (χ3v) is 7.29. The molecule has 2 aromatic rings. The molecule has 0 unspecified atom stereocenters. The molecule has 2 aromatic carbocycles. The van der Waals surface area contributed by atoms with Gasteiger partial charge in [-0.3, -0.25) is 4.79 Å². The maximum atomic E-state index is 13.1. The summed E-state index contributed by atoms with van der Waals surface area (Å²) in [5, 5.41) is 2.65. The van der Waals surface area contributed by atoms with Gasteiger partial charge in [0.1, 0.15) is 5.82 Å². The van der Waals surface area contributed by atoms with Gasteiger partial charge >= 0.3 is 11.9 Å². The number of carbonyl (C=O) groups excluding carboxylic acids is 3. The van der Waals surface area contributed by atoms with Crippen LogP contribution in [0.25, 0.3) is 0 Å². The van der Waals surface area contributed by atoms with Crippen LogP contribution in [0.15, 0.2) is 47.4 Å². The van der Waals surface area contributed by atoms with Crippen LogP contribution in [0.4, 0.5) is 10.1 Å². The Bertz CT molecular complexity index is 1160. The quantitative estimate of drug-likeness (QED) is 0.634. The Morgan fingerprint density at radius 2 is 1.58 bits per heavy atom. The van der Waals surface area contributed by atoms with E-state index in [1.807, 2.05) is 0 Å². The smallest absolute Gasteiger partial charge is 0.339 e. The number of nitrogens with one attached hydrogen (secondary N) is 1. The van der Waals surface area contributed by atoms with Crippen molar-refractivity contribution in [1.29, 1.82) is 0 Å². The SMILES string of the molecule is COC(=O)c1ccc(C(=O)OC)c(NC(=O)C2CCN(S(=O)(=O)c3ccc(F)cc3)CC2)c1. The second-order valence-electron chi connectivity index (χ2n) is 7.37. The van der Waals surface area contributed by atoms with Gasteiger partial charge in [-0.15, -0.1) is 0 Å². The Balaban J connectivity index is 1.72. The molecule has 0 aromatic heterocycles. The molecule has 1 saturated heterocycles. The summed E-state index contributed by atoms with van der Waals surface area (Å²) >= 11 is 0. The molecule has 0 atom stereocenters. The number of esters is 2. The first-order valence-corrected chi connectivity index (χ1v) is 11.5. The van der Waals surface area contributed by atoms with Gasteiger partial charge < -0.3 is 14.8 Å². The summed E-state index contributed by atoms with van der Waals surface area (Å²) in [6, 6.07) is 8.61. The summed E-state index contributed by atoms with van der Waals surface area (Å²) in [5.74, 6) is -2.80. The Morgan fingerprint density at radius 1 is 0.970 bits per heavy atom. The number of rotatable bonds is 6. The minimum absolute atomic E-state index is 0.0193. The van der Waals surface area contributed by atoms with Crippen LogP contribution < -0.4 is 5.32 Å². The standard InChI is InChI=1S/C22H23FN2O7S/c1-31-21(27)15-3-8-18(22(28)32-2)19(13-15)24-20(26)14-9-11-25(12-10-14)33(29,30)17-6-4-16(23)5-7-17/h3-8,13-14H,9-12H2,1-2H3,(H,24,26). The normalized spacial score (nSPS) is 15.0. The molecule has 1 aliphatic rings. The van der Waals surface area contributed by atoms with Crippen molar-refractivity contribution in [3.8, 4) is 0 Å². The number of halogens is 1. The zero-order valence-electron chi connectivity index (χ0n) is 18.0. The number of nitrogens with zero attached hydrogens (tertiary/aromatic N) is 1. The number of anilines is 1. The summed E-state index contributed by atoms with van der Waals surface area (Å²) in [7, 11) is -1.40. The minimum atomic E-state index is -3.80. The molecule has 0 aliphatic carbocycles. The molecule has 1 aliphatic heterocycles. The average Bonchev–Trinajstić information content (AvgIpc) is 2.83. The van der Waals surface area contributed by atoms with Gasteiger partial charge in [-0.1, -0.05) is 0 Å². The van der Waals surface area contributed by atoms with Gasteiger partial charge in [0.05, 0.1) is 35.9 Å². The summed E-state index contributed by atoms with van der Waals surface area (Å²) in [6.45, 7) is 0.202. The highest BCUT2D eigenvalue weighted by atomic mass is 32.2. The van der Waals surface area contributed by atoms with Crippen LogP contribution in [0, 0.1) is 11.7 Å². The van der Waals surface area contributed by atoms with Crippen LogP contribution in [-0.4, -0.2) is 57.9 Å². The van der Waals surface area contributed by atoms with Crippen molar-refractivity contribution in [1.82, 2.24) is 4.31 Å². The molecule has 11 heteroatoms. The molecule has 0 spiro atoms.